The highest BCUT2D eigenvalue weighted by molar-refractivity contribution is 9.10. The first kappa shape index (κ1) is 13.8. The Kier molecular flexibility index (Phi) is 3.70. The van der Waals surface area contributed by atoms with Crippen LogP contribution in [0.5, 0.6) is 5.75 Å². The van der Waals surface area contributed by atoms with E-state index in [1.165, 1.54) is 12.8 Å². The summed E-state index contributed by atoms with van der Waals surface area (Å²) in [4.78, 5) is 14.9. The van der Waals surface area contributed by atoms with Gasteiger partial charge in [-0.2, -0.15) is 4.99 Å². The fourth-order valence-electron chi connectivity index (χ4n) is 2.75. The van der Waals surface area contributed by atoms with Gasteiger partial charge >= 0.3 is 0 Å². The molecule has 0 heterocycles. The number of carbonyl (C=O) groups excluding carboxylic acids is 1. The Bertz CT molecular complexity index is 570. The van der Waals surface area contributed by atoms with Gasteiger partial charge in [0.05, 0.1) is 11.1 Å². The molecule has 2 aliphatic carbocycles. The van der Waals surface area contributed by atoms with E-state index in [1.54, 1.807) is 6.08 Å². The van der Waals surface area contributed by atoms with Gasteiger partial charge in [-0.15, -0.1) is 0 Å². The van der Waals surface area contributed by atoms with Crippen molar-refractivity contribution in [3.63, 3.8) is 0 Å². The van der Waals surface area contributed by atoms with Gasteiger partial charge in [0.2, 0.25) is 6.08 Å². The standard InChI is InChI=1S/C16H18BrNO2/c1-11-7-13(16(18-10-19)5-2-6-16)15(14(17)8-11)20-9-12-3-4-12/h7-8,12H,2-6,9H2,1H3. The number of hydrogen-bond acceptors (Lipinski definition) is 3. The van der Waals surface area contributed by atoms with Crippen LogP contribution in [0.3, 0.4) is 0 Å². The van der Waals surface area contributed by atoms with Crippen LogP contribution in [0.1, 0.15) is 43.2 Å². The predicted octanol–water partition coefficient (Wildman–Crippen LogP) is 4.26. The van der Waals surface area contributed by atoms with Gasteiger partial charge in [-0.1, -0.05) is 0 Å². The molecule has 2 aliphatic rings. The van der Waals surface area contributed by atoms with Crippen molar-refractivity contribution in [1.82, 2.24) is 0 Å². The summed E-state index contributed by atoms with van der Waals surface area (Å²) in [5.41, 5.74) is 1.78. The van der Waals surface area contributed by atoms with Gasteiger partial charge in [-0.25, -0.2) is 4.79 Å². The van der Waals surface area contributed by atoms with Crippen molar-refractivity contribution in [1.29, 1.82) is 0 Å². The minimum absolute atomic E-state index is 0.408. The van der Waals surface area contributed by atoms with E-state index in [-0.39, 0.29) is 0 Å². The molecule has 1 aromatic rings. The first-order chi connectivity index (χ1) is 9.64. The van der Waals surface area contributed by atoms with E-state index in [0.717, 1.165) is 47.2 Å². The van der Waals surface area contributed by atoms with E-state index in [4.69, 9.17) is 4.74 Å². The van der Waals surface area contributed by atoms with Crippen LogP contribution in [0.2, 0.25) is 0 Å². The molecule has 0 radical (unpaired) electrons. The molecule has 0 saturated heterocycles. The molecule has 106 valence electrons. The molecule has 20 heavy (non-hydrogen) atoms. The number of ether oxygens (including phenoxy) is 1. The number of isocyanates is 1. The normalized spacial score (nSPS) is 19.9. The summed E-state index contributed by atoms with van der Waals surface area (Å²) in [7, 11) is 0. The largest absolute Gasteiger partial charge is 0.492 e. The van der Waals surface area contributed by atoms with Crippen molar-refractivity contribution >= 4 is 22.0 Å². The molecule has 2 fully saturated rings. The molecule has 4 heteroatoms. The number of aliphatic imine (C=N–C) groups is 1. The van der Waals surface area contributed by atoms with Gasteiger partial charge in [0.15, 0.2) is 0 Å². The molecule has 0 amide bonds. The van der Waals surface area contributed by atoms with Gasteiger partial charge in [0, 0.05) is 5.56 Å². The minimum atomic E-state index is -0.408. The Hall–Kier alpha value is -1.12. The first-order valence-electron chi connectivity index (χ1n) is 7.17. The second-order valence-electron chi connectivity index (χ2n) is 5.97. The monoisotopic (exact) mass is 335 g/mol. The number of aryl methyl sites for hydroxylation is 1. The summed E-state index contributed by atoms with van der Waals surface area (Å²) < 4.78 is 7.00. The SMILES string of the molecule is Cc1cc(Br)c(OCC2CC2)c(C2(N=C=O)CCC2)c1. The highest BCUT2D eigenvalue weighted by atomic mass is 79.9. The van der Waals surface area contributed by atoms with Crippen LogP contribution >= 0.6 is 15.9 Å². The molecule has 0 aliphatic heterocycles. The number of benzene rings is 1. The summed E-state index contributed by atoms with van der Waals surface area (Å²) in [6.45, 7) is 2.81. The summed E-state index contributed by atoms with van der Waals surface area (Å²) in [5.74, 6) is 1.56. The minimum Gasteiger partial charge on any atom is -0.492 e. The van der Waals surface area contributed by atoms with Crippen LogP contribution in [0, 0.1) is 12.8 Å². The van der Waals surface area contributed by atoms with Gasteiger partial charge < -0.3 is 4.74 Å². The highest BCUT2D eigenvalue weighted by Gasteiger charge is 2.42. The zero-order valence-corrected chi connectivity index (χ0v) is 13.2. The van der Waals surface area contributed by atoms with Crippen molar-refractivity contribution in [2.24, 2.45) is 10.9 Å². The average Bonchev–Trinajstić information content (AvgIpc) is 3.16. The molecule has 0 atom stereocenters. The molecule has 3 rings (SSSR count). The van der Waals surface area contributed by atoms with Crippen LogP contribution in [-0.2, 0) is 10.3 Å². The van der Waals surface area contributed by atoms with E-state index >= 15 is 0 Å². The maximum atomic E-state index is 10.8. The Morgan fingerprint density at radius 3 is 2.75 bits per heavy atom. The topological polar surface area (TPSA) is 38.7 Å². The second kappa shape index (κ2) is 5.34. The number of halogens is 1. The van der Waals surface area contributed by atoms with Gasteiger partial charge in [0.1, 0.15) is 11.3 Å². The lowest BCUT2D eigenvalue weighted by Gasteiger charge is -2.38. The Balaban J connectivity index is 1.99. The quantitative estimate of drug-likeness (QED) is 0.595. The fourth-order valence-corrected chi connectivity index (χ4v) is 3.44. The molecule has 3 nitrogen and oxygen atoms in total. The van der Waals surface area contributed by atoms with Gasteiger partial charge in [-0.05, 0) is 78.6 Å². The van der Waals surface area contributed by atoms with Crippen molar-refractivity contribution in [2.45, 2.75) is 44.6 Å². The lowest BCUT2D eigenvalue weighted by atomic mass is 9.71. The maximum Gasteiger partial charge on any atom is 0.235 e. The van der Waals surface area contributed by atoms with Gasteiger partial charge in [-0.3, -0.25) is 0 Å². The molecule has 0 unspecified atom stereocenters. The molecule has 0 N–H and O–H groups in total. The lowest BCUT2D eigenvalue weighted by Crippen LogP contribution is -2.32. The highest BCUT2D eigenvalue weighted by Crippen LogP contribution is 2.50. The van der Waals surface area contributed by atoms with E-state index in [1.807, 2.05) is 0 Å². The van der Waals surface area contributed by atoms with Gasteiger partial charge in [0.25, 0.3) is 0 Å². The van der Waals surface area contributed by atoms with Crippen molar-refractivity contribution in [3.05, 3.63) is 27.7 Å². The number of hydrogen-bond donors (Lipinski definition) is 0. The third kappa shape index (κ3) is 2.55. The molecular formula is C16H18BrNO2. The second-order valence-corrected chi connectivity index (χ2v) is 6.82. The molecule has 0 spiro atoms. The van der Waals surface area contributed by atoms with E-state index < -0.39 is 5.54 Å². The molecule has 1 aromatic carbocycles. The first-order valence-corrected chi connectivity index (χ1v) is 7.96. The van der Waals surface area contributed by atoms with Crippen molar-refractivity contribution in [2.75, 3.05) is 6.61 Å². The van der Waals surface area contributed by atoms with Crippen molar-refractivity contribution in [3.8, 4) is 5.75 Å². The number of rotatable bonds is 5. The maximum absolute atomic E-state index is 10.8. The summed E-state index contributed by atoms with van der Waals surface area (Å²) in [5, 5.41) is 0. The average molecular weight is 336 g/mol. The predicted molar refractivity (Wildman–Crippen MR) is 80.7 cm³/mol. The van der Waals surface area contributed by atoms with Crippen LogP contribution < -0.4 is 4.74 Å². The molecular weight excluding hydrogens is 318 g/mol. The Morgan fingerprint density at radius 2 is 2.20 bits per heavy atom. The third-order valence-corrected chi connectivity index (χ3v) is 4.88. The Labute approximate surface area is 127 Å². The van der Waals surface area contributed by atoms with Crippen LogP contribution in [0.4, 0.5) is 0 Å². The van der Waals surface area contributed by atoms with E-state index in [0.29, 0.717) is 5.92 Å². The summed E-state index contributed by atoms with van der Waals surface area (Å²) >= 11 is 3.60. The zero-order chi connectivity index (χ0) is 14.2. The van der Waals surface area contributed by atoms with E-state index in [2.05, 4.69) is 40.0 Å². The fraction of sp³-hybridized carbons (Fsp3) is 0.562. The smallest absolute Gasteiger partial charge is 0.235 e. The zero-order valence-electron chi connectivity index (χ0n) is 11.6. The summed E-state index contributed by atoms with van der Waals surface area (Å²) in [6, 6.07) is 4.16. The van der Waals surface area contributed by atoms with Crippen LogP contribution in [-0.4, -0.2) is 12.7 Å². The third-order valence-electron chi connectivity index (χ3n) is 4.29. The summed E-state index contributed by atoms with van der Waals surface area (Å²) in [6.07, 6.45) is 7.17. The Morgan fingerprint density at radius 1 is 1.45 bits per heavy atom. The van der Waals surface area contributed by atoms with Crippen molar-refractivity contribution < 1.29 is 9.53 Å². The van der Waals surface area contributed by atoms with Crippen LogP contribution in [0.15, 0.2) is 21.6 Å². The van der Waals surface area contributed by atoms with E-state index in [9.17, 15) is 4.79 Å². The molecule has 0 aromatic heterocycles. The molecule has 0 bridgehead atoms. The van der Waals surface area contributed by atoms with Crippen LogP contribution in [0.25, 0.3) is 0 Å². The lowest BCUT2D eigenvalue weighted by molar-refractivity contribution is 0.233. The number of nitrogens with zero attached hydrogens (tertiary/aromatic N) is 1. The molecule has 2 saturated carbocycles.